The Morgan fingerprint density at radius 3 is 1.92 bits per heavy atom. The van der Waals surface area contributed by atoms with Gasteiger partial charge in [-0.05, 0) is 107 Å². The monoisotopic (exact) mass is 928 g/mol. The minimum Gasteiger partial charge on any atom is -0.497 e. The summed E-state index contributed by atoms with van der Waals surface area (Å²) >= 11 is 0. The maximum atomic E-state index is 13.5. The van der Waals surface area contributed by atoms with Crippen molar-refractivity contribution in [1.29, 1.82) is 5.26 Å². The van der Waals surface area contributed by atoms with Crippen molar-refractivity contribution in [1.82, 2.24) is 15.3 Å². The molecule has 0 aliphatic heterocycles. The van der Waals surface area contributed by atoms with Crippen molar-refractivity contribution in [2.24, 2.45) is 0 Å². The maximum Gasteiger partial charge on any atom is 0.471 e. The predicted molar refractivity (Wildman–Crippen MR) is 246 cm³/mol. The summed E-state index contributed by atoms with van der Waals surface area (Å²) in [4.78, 5) is 38.0. The predicted octanol–water partition coefficient (Wildman–Crippen LogP) is 9.81. The number of Topliss-reactive ketones (excluding diaryl/α,β-unsaturated/α-hetero) is 1. The van der Waals surface area contributed by atoms with Gasteiger partial charge in [0.1, 0.15) is 11.4 Å². The van der Waals surface area contributed by atoms with Gasteiger partial charge in [0.2, 0.25) is 5.91 Å². The first-order valence-corrected chi connectivity index (χ1v) is 23.7. The summed E-state index contributed by atoms with van der Waals surface area (Å²) in [7, 11) is 0.235. The minimum absolute atomic E-state index is 0.0911. The van der Waals surface area contributed by atoms with Crippen LogP contribution in [0.3, 0.4) is 0 Å². The van der Waals surface area contributed by atoms with E-state index in [2.05, 4.69) is 43.8 Å². The van der Waals surface area contributed by atoms with Crippen LogP contribution in [0.2, 0.25) is 0 Å². The van der Waals surface area contributed by atoms with Gasteiger partial charge in [-0.2, -0.15) is 18.4 Å². The van der Waals surface area contributed by atoms with E-state index < -0.39 is 32.3 Å². The van der Waals surface area contributed by atoms with E-state index in [4.69, 9.17) is 23.8 Å². The number of halogens is 3. The summed E-state index contributed by atoms with van der Waals surface area (Å²) in [5, 5.41) is 23.5. The lowest BCUT2D eigenvalue weighted by molar-refractivity contribution is -0.173. The average Bonchev–Trinajstić information content (AvgIpc) is 3.29. The van der Waals surface area contributed by atoms with E-state index in [0.29, 0.717) is 63.9 Å². The Hall–Kier alpha value is -4.42. The molecule has 0 saturated heterocycles. The second-order valence-electron chi connectivity index (χ2n) is 16.3. The molecule has 2 amide bonds. The van der Waals surface area contributed by atoms with Gasteiger partial charge in [0, 0.05) is 38.1 Å². The van der Waals surface area contributed by atoms with Crippen molar-refractivity contribution < 1.29 is 51.2 Å². The van der Waals surface area contributed by atoms with Gasteiger partial charge in [-0.3, -0.25) is 14.4 Å². The van der Waals surface area contributed by atoms with E-state index in [9.17, 15) is 32.7 Å². The largest absolute Gasteiger partial charge is 0.497 e. The van der Waals surface area contributed by atoms with Crippen LogP contribution in [0.25, 0.3) is 0 Å². The smallest absolute Gasteiger partial charge is 0.471 e. The number of nitriles is 1. The van der Waals surface area contributed by atoms with Crippen molar-refractivity contribution in [3.05, 3.63) is 101 Å². The molecule has 12 nitrogen and oxygen atoms in total. The molecule has 0 aliphatic rings. The third-order valence-electron chi connectivity index (χ3n) is 10.7. The van der Waals surface area contributed by atoms with E-state index in [1.165, 1.54) is 0 Å². The number of ketones is 1. The molecule has 0 heterocycles. The number of hydrogen-bond acceptors (Lipinski definition) is 10. The number of rotatable bonds is 32. The fourth-order valence-electron chi connectivity index (χ4n) is 7.45. The third kappa shape index (κ3) is 18.4. The first kappa shape index (κ1) is 54.9. The molecular formula is C49H68F3N4O8P. The minimum atomic E-state index is -4.98. The Morgan fingerprint density at radius 2 is 1.34 bits per heavy atom. The molecule has 3 rings (SSSR count). The molecule has 3 aromatic rings. The molecule has 3 N–H and O–H groups in total. The van der Waals surface area contributed by atoms with Crippen molar-refractivity contribution in [3.63, 3.8) is 0 Å². The third-order valence-corrected chi connectivity index (χ3v) is 12.8. The molecule has 2 unspecified atom stereocenters. The standard InChI is InChI=1S/C49H68F3N4O8P/c1-37(2)56(38(3)4)65(64-35-17-31-53)63-34-16-7-11-21-45(58)44(20-13-14-32-54-47(60)49(50,51)52)55-46(59)22-12-8-15-33-62-48(40-18-9-6-10-19-40,41-25-23-39(36-57)24-26-41)42-27-29-43(61-5)30-28-42/h6,9-10,18-19,23-30,37-38,44,57H,7-8,11-17,20-22,32-36H2,1-5H3,(H,54,60)(H,55,59)/t44-,48?,65?/m0/s1. The Bertz CT molecular complexity index is 1820. The van der Waals surface area contributed by atoms with Crippen LogP contribution < -0.4 is 15.4 Å². The molecule has 0 spiro atoms. The normalized spacial score (nSPS) is 13.6. The number of aliphatic hydroxyl groups excluding tert-OH is 1. The number of alkyl halides is 3. The number of nitrogens with one attached hydrogen (secondary N) is 2. The molecule has 0 saturated carbocycles. The lowest BCUT2D eigenvalue weighted by atomic mass is 9.79. The van der Waals surface area contributed by atoms with Crippen molar-refractivity contribution in [3.8, 4) is 11.8 Å². The molecule has 0 fully saturated rings. The summed E-state index contributed by atoms with van der Waals surface area (Å²) in [6.07, 6.45) is 0.0918. The average molecular weight is 929 g/mol. The number of methoxy groups -OCH3 is 1. The first-order chi connectivity index (χ1) is 31.2. The van der Waals surface area contributed by atoms with Gasteiger partial charge in [-0.15, -0.1) is 0 Å². The van der Waals surface area contributed by atoms with Crippen LogP contribution in [0.15, 0.2) is 78.9 Å². The van der Waals surface area contributed by atoms with Crippen LogP contribution in [0.4, 0.5) is 13.2 Å². The van der Waals surface area contributed by atoms with Gasteiger partial charge in [0.15, 0.2) is 5.78 Å². The van der Waals surface area contributed by atoms with E-state index in [0.717, 1.165) is 22.3 Å². The highest BCUT2D eigenvalue weighted by atomic mass is 31.2. The zero-order chi connectivity index (χ0) is 47.7. The van der Waals surface area contributed by atoms with Gasteiger partial charge >= 0.3 is 12.1 Å². The number of carbonyl (C=O) groups is 3. The summed E-state index contributed by atoms with van der Waals surface area (Å²) < 4.78 is 64.6. The molecule has 3 atom stereocenters. The van der Waals surface area contributed by atoms with Crippen LogP contribution in [-0.2, 0) is 40.4 Å². The number of ether oxygens (including phenoxy) is 2. The highest BCUT2D eigenvalue weighted by Crippen LogP contribution is 2.46. The highest BCUT2D eigenvalue weighted by Gasteiger charge is 2.39. The summed E-state index contributed by atoms with van der Waals surface area (Å²) in [6, 6.07) is 26.9. The summed E-state index contributed by atoms with van der Waals surface area (Å²) in [6.45, 7) is 8.97. The fraction of sp³-hybridized carbons (Fsp3) is 0.551. The van der Waals surface area contributed by atoms with Gasteiger partial charge in [-0.25, -0.2) is 4.67 Å². The number of nitrogens with zero attached hydrogens (tertiary/aromatic N) is 2. The second-order valence-corrected chi connectivity index (χ2v) is 17.8. The topological polar surface area (TPSA) is 159 Å². The van der Waals surface area contributed by atoms with E-state index in [-0.39, 0.29) is 75.6 Å². The number of benzene rings is 3. The zero-order valence-corrected chi connectivity index (χ0v) is 39.4. The lowest BCUT2D eigenvalue weighted by Crippen LogP contribution is -2.41. The van der Waals surface area contributed by atoms with E-state index in [1.807, 2.05) is 84.2 Å². The van der Waals surface area contributed by atoms with Gasteiger partial charge in [-0.1, -0.05) is 79.6 Å². The molecule has 0 aliphatic carbocycles. The maximum absolute atomic E-state index is 13.5. The Morgan fingerprint density at radius 1 is 0.754 bits per heavy atom. The quantitative estimate of drug-likeness (QED) is 0.0313. The lowest BCUT2D eigenvalue weighted by Gasteiger charge is -2.36. The number of carbonyl (C=O) groups excluding carboxylic acids is 3. The SMILES string of the molecule is COc1ccc(C(OCCCCCC(=O)N[C@@H](CCCCNC(=O)C(F)(F)F)C(=O)CCCCCOP(OCCC#N)N(C(C)C)C(C)C)(c2ccccc2)c2ccc(CO)cc2)cc1. The number of aliphatic hydroxyl groups is 1. The Balaban J connectivity index is 1.60. The summed E-state index contributed by atoms with van der Waals surface area (Å²) in [5.74, 6) is -1.77. The molecule has 3 aromatic carbocycles. The van der Waals surface area contributed by atoms with Gasteiger partial charge in [0.25, 0.3) is 8.53 Å². The van der Waals surface area contributed by atoms with Crippen LogP contribution in [0.5, 0.6) is 5.75 Å². The summed E-state index contributed by atoms with van der Waals surface area (Å²) in [5.41, 5.74) is 2.46. The van der Waals surface area contributed by atoms with Crippen molar-refractivity contribution in [2.75, 3.05) is 33.5 Å². The van der Waals surface area contributed by atoms with Crippen LogP contribution >= 0.6 is 8.53 Å². The molecule has 358 valence electrons. The molecular weight excluding hydrogens is 861 g/mol. The Labute approximate surface area is 384 Å². The number of hydrogen-bond donors (Lipinski definition) is 3. The molecule has 0 aromatic heterocycles. The Kier molecular flexibility index (Phi) is 24.7. The first-order valence-electron chi connectivity index (χ1n) is 22.6. The molecule has 0 bridgehead atoms. The van der Waals surface area contributed by atoms with Crippen LogP contribution in [-0.4, -0.2) is 85.2 Å². The number of unbranched alkanes of at least 4 members (excludes halogenated alkanes) is 5. The molecule has 16 heteroatoms. The molecule has 0 radical (unpaired) electrons. The second kappa shape index (κ2) is 29.3. The van der Waals surface area contributed by atoms with E-state index in [1.54, 1.807) is 7.11 Å². The van der Waals surface area contributed by atoms with Crippen LogP contribution in [0.1, 0.15) is 127 Å². The van der Waals surface area contributed by atoms with Gasteiger partial charge in [0.05, 0.1) is 45.5 Å². The van der Waals surface area contributed by atoms with Crippen LogP contribution in [0, 0.1) is 11.3 Å². The molecule has 65 heavy (non-hydrogen) atoms. The van der Waals surface area contributed by atoms with Crippen molar-refractivity contribution in [2.45, 2.75) is 141 Å². The fourth-order valence-corrected chi connectivity index (χ4v) is 9.08. The van der Waals surface area contributed by atoms with E-state index >= 15 is 0 Å². The van der Waals surface area contributed by atoms with Crippen molar-refractivity contribution >= 4 is 26.1 Å². The highest BCUT2D eigenvalue weighted by molar-refractivity contribution is 7.44. The zero-order valence-electron chi connectivity index (χ0n) is 38.5. The van der Waals surface area contributed by atoms with Gasteiger partial charge < -0.3 is 34.3 Å². The number of amides is 2.